The summed E-state index contributed by atoms with van der Waals surface area (Å²) in [7, 11) is 1.71. The van der Waals surface area contributed by atoms with Crippen molar-refractivity contribution in [3.8, 4) is 0 Å². The molecule has 0 radical (unpaired) electrons. The maximum Gasteiger partial charge on any atom is 0.0997 e. The van der Waals surface area contributed by atoms with Crippen molar-refractivity contribution in [2.24, 2.45) is 35.5 Å². The van der Waals surface area contributed by atoms with E-state index in [0.717, 1.165) is 50.5 Å². The molecule has 38 heavy (non-hydrogen) atoms. The van der Waals surface area contributed by atoms with Crippen molar-refractivity contribution in [1.82, 2.24) is 0 Å². The highest BCUT2D eigenvalue weighted by atomic mass is 19.1. The lowest BCUT2D eigenvalue weighted by Crippen LogP contribution is -2.17. The Bertz CT molecular complexity index is 713. The standard InChI is InChI=1S/C35H65FO2/c1-12-32(13-2)34(15-4)21-29(9)33(14-3)22-35(36)30(10)28(8)19-18-27(7)26(6)17-16-25(5)20-31(23-37)24-38-11/h21,25-28,31,33,37H,12-20,22-24H2,1-11H3/b29-21+,35-30-. The van der Waals surface area contributed by atoms with Crippen LogP contribution in [0.25, 0.3) is 0 Å². The summed E-state index contributed by atoms with van der Waals surface area (Å²) < 4.78 is 20.7. The predicted octanol–water partition coefficient (Wildman–Crippen LogP) is 10.9. The fourth-order valence-corrected chi connectivity index (χ4v) is 5.79. The van der Waals surface area contributed by atoms with Gasteiger partial charge in [0.2, 0.25) is 0 Å². The van der Waals surface area contributed by atoms with Gasteiger partial charge >= 0.3 is 0 Å². The Morgan fingerprint density at radius 1 is 0.868 bits per heavy atom. The molecule has 0 amide bonds. The van der Waals surface area contributed by atoms with Gasteiger partial charge in [-0.15, -0.1) is 0 Å². The summed E-state index contributed by atoms with van der Waals surface area (Å²) in [6, 6.07) is 0. The molecule has 6 atom stereocenters. The van der Waals surface area contributed by atoms with Crippen LogP contribution in [0.15, 0.2) is 34.2 Å². The zero-order valence-electron chi connectivity index (χ0n) is 27.3. The van der Waals surface area contributed by atoms with Crippen LogP contribution in [0.4, 0.5) is 4.39 Å². The van der Waals surface area contributed by atoms with Crippen LogP contribution in [0.5, 0.6) is 0 Å². The molecule has 0 fully saturated rings. The molecular weight excluding hydrogens is 471 g/mol. The third-order valence-corrected chi connectivity index (χ3v) is 9.36. The van der Waals surface area contributed by atoms with Crippen molar-refractivity contribution in [3.05, 3.63) is 34.2 Å². The molecule has 0 aliphatic heterocycles. The van der Waals surface area contributed by atoms with Gasteiger partial charge in [-0.25, -0.2) is 4.39 Å². The van der Waals surface area contributed by atoms with Crippen LogP contribution < -0.4 is 0 Å². The van der Waals surface area contributed by atoms with Crippen molar-refractivity contribution >= 4 is 0 Å². The number of halogens is 1. The van der Waals surface area contributed by atoms with E-state index in [2.05, 4.69) is 68.4 Å². The minimum Gasteiger partial charge on any atom is -0.396 e. The summed E-state index contributed by atoms with van der Waals surface area (Å²) in [6.45, 7) is 23.2. The minimum absolute atomic E-state index is 0.106. The van der Waals surface area contributed by atoms with Crippen LogP contribution in [0.1, 0.15) is 133 Å². The van der Waals surface area contributed by atoms with Gasteiger partial charge in [0.25, 0.3) is 0 Å². The molecule has 0 saturated heterocycles. The van der Waals surface area contributed by atoms with E-state index in [9.17, 15) is 5.11 Å². The number of hydrogen-bond acceptors (Lipinski definition) is 2. The second-order valence-electron chi connectivity index (χ2n) is 12.3. The van der Waals surface area contributed by atoms with E-state index in [1.165, 1.54) is 29.6 Å². The highest BCUT2D eigenvalue weighted by molar-refractivity contribution is 5.29. The van der Waals surface area contributed by atoms with E-state index in [1.807, 2.05) is 6.92 Å². The lowest BCUT2D eigenvalue weighted by Gasteiger charge is -2.25. The smallest absolute Gasteiger partial charge is 0.0997 e. The molecule has 0 rings (SSSR count). The first-order valence-electron chi connectivity index (χ1n) is 15.8. The molecule has 0 spiro atoms. The first kappa shape index (κ1) is 37.1. The summed E-state index contributed by atoms with van der Waals surface area (Å²) in [5.74, 6) is 2.78. The summed E-state index contributed by atoms with van der Waals surface area (Å²) in [6.07, 6.45) is 12.7. The first-order chi connectivity index (χ1) is 18.0. The van der Waals surface area contributed by atoms with E-state index in [-0.39, 0.29) is 30.2 Å². The predicted molar refractivity (Wildman–Crippen MR) is 166 cm³/mol. The summed E-state index contributed by atoms with van der Waals surface area (Å²) in [5.41, 5.74) is 5.25. The van der Waals surface area contributed by atoms with Crippen molar-refractivity contribution < 1.29 is 14.2 Å². The van der Waals surface area contributed by atoms with E-state index < -0.39 is 0 Å². The van der Waals surface area contributed by atoms with Gasteiger partial charge in [-0.05, 0) is 99.5 Å². The molecule has 0 bridgehead atoms. The number of rotatable bonds is 21. The lowest BCUT2D eigenvalue weighted by atomic mass is 9.82. The second kappa shape index (κ2) is 20.9. The number of aliphatic hydroxyl groups excluding tert-OH is 1. The third kappa shape index (κ3) is 13.9. The highest BCUT2D eigenvalue weighted by Gasteiger charge is 2.20. The Labute approximate surface area is 237 Å². The fourth-order valence-electron chi connectivity index (χ4n) is 5.79. The Morgan fingerprint density at radius 3 is 1.92 bits per heavy atom. The lowest BCUT2D eigenvalue weighted by molar-refractivity contribution is 0.0944. The zero-order valence-corrected chi connectivity index (χ0v) is 27.3. The van der Waals surface area contributed by atoms with Crippen LogP contribution in [0.3, 0.4) is 0 Å². The number of allylic oxidation sites excluding steroid dienone is 6. The zero-order chi connectivity index (χ0) is 29.3. The normalized spacial score (nSPS) is 17.9. The minimum atomic E-state index is 0.106. The fraction of sp³-hybridized carbons (Fsp3) is 0.829. The van der Waals surface area contributed by atoms with Crippen molar-refractivity contribution in [1.29, 1.82) is 0 Å². The number of aliphatic hydroxyl groups is 1. The molecule has 0 saturated carbocycles. The monoisotopic (exact) mass is 536 g/mol. The van der Waals surface area contributed by atoms with Crippen molar-refractivity contribution in [2.75, 3.05) is 20.3 Å². The SMILES string of the molecule is CCC(/C=C(\C)C(CC)C/C(F)=C(\C)C(C)CCC(C)C(C)CCC(C)CC(CO)COC)=C(CC)CC. The Morgan fingerprint density at radius 2 is 1.45 bits per heavy atom. The van der Waals surface area contributed by atoms with Gasteiger partial charge in [0, 0.05) is 26.1 Å². The average molecular weight is 537 g/mol. The molecule has 1 N–H and O–H groups in total. The Kier molecular flexibility index (Phi) is 20.4. The van der Waals surface area contributed by atoms with Gasteiger partial charge < -0.3 is 9.84 Å². The highest BCUT2D eigenvalue weighted by Crippen LogP contribution is 2.33. The molecule has 2 nitrogen and oxygen atoms in total. The van der Waals surface area contributed by atoms with E-state index in [1.54, 1.807) is 7.11 Å². The Balaban J connectivity index is 4.99. The summed E-state index contributed by atoms with van der Waals surface area (Å²) in [5, 5.41) is 9.54. The van der Waals surface area contributed by atoms with E-state index >= 15 is 4.39 Å². The van der Waals surface area contributed by atoms with Gasteiger partial charge in [0.1, 0.15) is 0 Å². The molecule has 0 aromatic rings. The van der Waals surface area contributed by atoms with Gasteiger partial charge in [-0.3, -0.25) is 0 Å². The molecule has 0 aliphatic carbocycles. The molecule has 0 aliphatic rings. The molecular formula is C35H65FO2. The molecule has 0 heterocycles. The molecule has 6 unspecified atom stereocenters. The van der Waals surface area contributed by atoms with Crippen LogP contribution in [0.2, 0.25) is 0 Å². The molecule has 224 valence electrons. The molecule has 3 heteroatoms. The van der Waals surface area contributed by atoms with E-state index in [4.69, 9.17) is 4.74 Å². The van der Waals surface area contributed by atoms with Gasteiger partial charge in [0.05, 0.1) is 12.4 Å². The number of methoxy groups -OCH3 is 1. The van der Waals surface area contributed by atoms with Crippen LogP contribution in [-0.4, -0.2) is 25.4 Å². The van der Waals surface area contributed by atoms with Crippen molar-refractivity contribution in [2.45, 2.75) is 133 Å². The maximum atomic E-state index is 15.4. The van der Waals surface area contributed by atoms with Gasteiger partial charge in [0.15, 0.2) is 0 Å². The van der Waals surface area contributed by atoms with Crippen LogP contribution in [-0.2, 0) is 4.74 Å². The molecule has 0 aromatic carbocycles. The summed E-state index contributed by atoms with van der Waals surface area (Å²) in [4.78, 5) is 0. The van der Waals surface area contributed by atoms with E-state index in [0.29, 0.717) is 30.8 Å². The van der Waals surface area contributed by atoms with Gasteiger partial charge in [-0.2, -0.15) is 0 Å². The number of ether oxygens (including phenoxy) is 1. The molecule has 0 aromatic heterocycles. The second-order valence-corrected chi connectivity index (χ2v) is 12.3. The van der Waals surface area contributed by atoms with Crippen LogP contribution in [0, 0.1) is 35.5 Å². The Hall–Kier alpha value is -0.930. The quantitative estimate of drug-likeness (QED) is 0.148. The average Bonchev–Trinajstić information content (AvgIpc) is 2.91. The number of hydrogen-bond donors (Lipinski definition) is 1. The van der Waals surface area contributed by atoms with Gasteiger partial charge in [-0.1, -0.05) is 85.5 Å². The third-order valence-electron chi connectivity index (χ3n) is 9.36. The maximum absolute atomic E-state index is 15.4. The largest absolute Gasteiger partial charge is 0.396 e. The summed E-state index contributed by atoms with van der Waals surface area (Å²) >= 11 is 0. The topological polar surface area (TPSA) is 29.5 Å². The van der Waals surface area contributed by atoms with Crippen LogP contribution >= 0.6 is 0 Å². The van der Waals surface area contributed by atoms with Crippen molar-refractivity contribution in [3.63, 3.8) is 0 Å². The first-order valence-corrected chi connectivity index (χ1v) is 15.8.